The summed E-state index contributed by atoms with van der Waals surface area (Å²) in [6.07, 6.45) is 2.94. The number of ether oxygens (including phenoxy) is 1. The van der Waals surface area contributed by atoms with Gasteiger partial charge in [0, 0.05) is 30.9 Å². The SMILES string of the molecule is C=CCCC(=O)Nc1ccc(N2CCOCC2)c(C)c1. The van der Waals surface area contributed by atoms with Crippen LogP contribution in [0.25, 0.3) is 0 Å². The fourth-order valence-electron chi connectivity index (χ4n) is 2.35. The quantitative estimate of drug-likeness (QED) is 0.839. The van der Waals surface area contributed by atoms with Crippen molar-refractivity contribution < 1.29 is 9.53 Å². The van der Waals surface area contributed by atoms with Gasteiger partial charge in [0.2, 0.25) is 5.91 Å². The number of hydrogen-bond donors (Lipinski definition) is 1. The van der Waals surface area contributed by atoms with Gasteiger partial charge in [-0.25, -0.2) is 0 Å². The Morgan fingerprint density at radius 3 is 2.85 bits per heavy atom. The van der Waals surface area contributed by atoms with Gasteiger partial charge in [0.25, 0.3) is 0 Å². The van der Waals surface area contributed by atoms with Crippen LogP contribution in [0.2, 0.25) is 0 Å². The van der Waals surface area contributed by atoms with E-state index in [1.165, 1.54) is 11.3 Å². The third-order valence-electron chi connectivity index (χ3n) is 3.41. The minimum Gasteiger partial charge on any atom is -0.378 e. The number of morpholine rings is 1. The molecule has 0 atom stereocenters. The highest BCUT2D eigenvalue weighted by molar-refractivity contribution is 5.91. The van der Waals surface area contributed by atoms with Gasteiger partial charge < -0.3 is 15.0 Å². The van der Waals surface area contributed by atoms with Crippen LogP contribution in [-0.4, -0.2) is 32.2 Å². The Balaban J connectivity index is 2.01. The summed E-state index contributed by atoms with van der Waals surface area (Å²) in [5, 5.41) is 2.92. The number of carbonyl (C=O) groups is 1. The van der Waals surface area contributed by atoms with Crippen molar-refractivity contribution in [2.75, 3.05) is 36.5 Å². The molecule has 1 N–H and O–H groups in total. The maximum atomic E-state index is 11.7. The first kappa shape index (κ1) is 14.6. The largest absolute Gasteiger partial charge is 0.378 e. The lowest BCUT2D eigenvalue weighted by atomic mass is 10.1. The summed E-state index contributed by atoms with van der Waals surface area (Å²) in [6, 6.07) is 6.06. The van der Waals surface area contributed by atoms with E-state index in [0.717, 1.165) is 32.0 Å². The number of benzene rings is 1. The van der Waals surface area contributed by atoms with Crippen LogP contribution in [0.1, 0.15) is 18.4 Å². The molecule has 1 aromatic carbocycles. The Kier molecular flexibility index (Phi) is 5.18. The van der Waals surface area contributed by atoms with Crippen LogP contribution in [0.3, 0.4) is 0 Å². The summed E-state index contributed by atoms with van der Waals surface area (Å²) in [7, 11) is 0. The molecule has 20 heavy (non-hydrogen) atoms. The molecule has 4 nitrogen and oxygen atoms in total. The Bertz CT molecular complexity index is 479. The lowest BCUT2D eigenvalue weighted by molar-refractivity contribution is -0.116. The standard InChI is InChI=1S/C16H22N2O2/c1-3-4-5-16(19)17-14-6-7-15(13(2)12-14)18-8-10-20-11-9-18/h3,6-7,12H,1,4-5,8-11H2,2H3,(H,17,19). The fraction of sp³-hybridized carbons (Fsp3) is 0.438. The molecule has 0 saturated carbocycles. The molecule has 1 heterocycles. The van der Waals surface area contributed by atoms with E-state index in [-0.39, 0.29) is 5.91 Å². The second-order valence-electron chi connectivity index (χ2n) is 4.98. The van der Waals surface area contributed by atoms with Crippen LogP contribution < -0.4 is 10.2 Å². The van der Waals surface area contributed by atoms with E-state index >= 15 is 0 Å². The van der Waals surface area contributed by atoms with Gasteiger partial charge in [-0.1, -0.05) is 6.08 Å². The second-order valence-corrected chi connectivity index (χ2v) is 4.98. The molecule has 1 aliphatic rings. The first-order chi connectivity index (χ1) is 9.70. The van der Waals surface area contributed by atoms with E-state index in [1.807, 2.05) is 12.1 Å². The zero-order valence-corrected chi connectivity index (χ0v) is 12.0. The maximum absolute atomic E-state index is 11.7. The topological polar surface area (TPSA) is 41.6 Å². The summed E-state index contributed by atoms with van der Waals surface area (Å²) < 4.78 is 5.37. The first-order valence-electron chi connectivity index (χ1n) is 7.05. The van der Waals surface area contributed by atoms with Gasteiger partial charge in [0.15, 0.2) is 0 Å². The molecular formula is C16H22N2O2. The molecule has 0 aromatic heterocycles. The van der Waals surface area contributed by atoms with Gasteiger partial charge >= 0.3 is 0 Å². The van der Waals surface area contributed by atoms with Gasteiger partial charge in [0.05, 0.1) is 13.2 Å². The van der Waals surface area contributed by atoms with Gasteiger partial charge in [-0.3, -0.25) is 4.79 Å². The zero-order valence-electron chi connectivity index (χ0n) is 12.0. The Morgan fingerprint density at radius 1 is 1.45 bits per heavy atom. The van der Waals surface area contributed by atoms with E-state index in [2.05, 4.69) is 29.8 Å². The summed E-state index contributed by atoms with van der Waals surface area (Å²) in [5.74, 6) is 0.0309. The molecular weight excluding hydrogens is 252 g/mol. The van der Waals surface area contributed by atoms with E-state index in [1.54, 1.807) is 6.08 Å². The highest BCUT2D eigenvalue weighted by Gasteiger charge is 2.13. The average Bonchev–Trinajstić information content (AvgIpc) is 2.46. The average molecular weight is 274 g/mol. The highest BCUT2D eigenvalue weighted by Crippen LogP contribution is 2.24. The van der Waals surface area contributed by atoms with Crippen molar-refractivity contribution >= 4 is 17.3 Å². The molecule has 1 aliphatic heterocycles. The number of amides is 1. The molecule has 0 bridgehead atoms. The van der Waals surface area contributed by atoms with Crippen molar-refractivity contribution in [2.45, 2.75) is 19.8 Å². The smallest absolute Gasteiger partial charge is 0.224 e. The van der Waals surface area contributed by atoms with E-state index in [4.69, 9.17) is 4.74 Å². The molecule has 1 aromatic rings. The predicted octanol–water partition coefficient (Wildman–Crippen LogP) is 2.74. The third kappa shape index (κ3) is 3.84. The van der Waals surface area contributed by atoms with Crippen molar-refractivity contribution in [1.29, 1.82) is 0 Å². The normalized spacial score (nSPS) is 14.9. The molecule has 2 rings (SSSR count). The molecule has 1 fully saturated rings. The van der Waals surface area contributed by atoms with Crippen LogP contribution >= 0.6 is 0 Å². The lowest BCUT2D eigenvalue weighted by Crippen LogP contribution is -2.36. The van der Waals surface area contributed by atoms with E-state index < -0.39 is 0 Å². The summed E-state index contributed by atoms with van der Waals surface area (Å²) in [4.78, 5) is 14.0. The summed E-state index contributed by atoms with van der Waals surface area (Å²) in [6.45, 7) is 9.09. The molecule has 1 amide bonds. The van der Waals surface area contributed by atoms with Crippen LogP contribution in [0, 0.1) is 6.92 Å². The number of anilines is 2. The van der Waals surface area contributed by atoms with Crippen LogP contribution in [-0.2, 0) is 9.53 Å². The number of nitrogens with one attached hydrogen (secondary N) is 1. The van der Waals surface area contributed by atoms with E-state index in [9.17, 15) is 4.79 Å². The number of aryl methyl sites for hydroxylation is 1. The Morgan fingerprint density at radius 2 is 2.20 bits per heavy atom. The molecule has 108 valence electrons. The highest BCUT2D eigenvalue weighted by atomic mass is 16.5. The number of rotatable bonds is 5. The third-order valence-corrected chi connectivity index (χ3v) is 3.41. The zero-order chi connectivity index (χ0) is 14.4. The van der Waals surface area contributed by atoms with Gasteiger partial charge in [-0.05, 0) is 37.1 Å². The minimum absolute atomic E-state index is 0.0309. The number of carbonyl (C=O) groups excluding carboxylic acids is 1. The van der Waals surface area contributed by atoms with Gasteiger partial charge in [0.1, 0.15) is 0 Å². The summed E-state index contributed by atoms with van der Waals surface area (Å²) in [5.41, 5.74) is 3.25. The maximum Gasteiger partial charge on any atom is 0.224 e. The molecule has 0 unspecified atom stereocenters. The van der Waals surface area contributed by atoms with Crippen LogP contribution in [0.4, 0.5) is 11.4 Å². The monoisotopic (exact) mass is 274 g/mol. The second kappa shape index (κ2) is 7.10. The number of hydrogen-bond acceptors (Lipinski definition) is 3. The van der Waals surface area contributed by atoms with Gasteiger partial charge in [-0.15, -0.1) is 6.58 Å². The summed E-state index contributed by atoms with van der Waals surface area (Å²) >= 11 is 0. The molecule has 0 spiro atoms. The van der Waals surface area contributed by atoms with Gasteiger partial charge in [-0.2, -0.15) is 0 Å². The van der Waals surface area contributed by atoms with Crippen molar-refractivity contribution in [1.82, 2.24) is 0 Å². The number of allylic oxidation sites excluding steroid dienone is 1. The van der Waals surface area contributed by atoms with Crippen LogP contribution in [0.15, 0.2) is 30.9 Å². The lowest BCUT2D eigenvalue weighted by Gasteiger charge is -2.30. The van der Waals surface area contributed by atoms with Crippen molar-refractivity contribution in [2.24, 2.45) is 0 Å². The molecule has 1 saturated heterocycles. The first-order valence-corrected chi connectivity index (χ1v) is 7.05. The Labute approximate surface area is 120 Å². The fourth-order valence-corrected chi connectivity index (χ4v) is 2.35. The number of nitrogens with zero attached hydrogens (tertiary/aromatic N) is 1. The van der Waals surface area contributed by atoms with Crippen molar-refractivity contribution in [3.63, 3.8) is 0 Å². The Hall–Kier alpha value is -1.81. The predicted molar refractivity (Wildman–Crippen MR) is 82.3 cm³/mol. The molecule has 0 aliphatic carbocycles. The van der Waals surface area contributed by atoms with Crippen LogP contribution in [0.5, 0.6) is 0 Å². The minimum atomic E-state index is 0.0309. The molecule has 4 heteroatoms. The van der Waals surface area contributed by atoms with Crippen molar-refractivity contribution in [3.8, 4) is 0 Å². The van der Waals surface area contributed by atoms with Crippen molar-refractivity contribution in [3.05, 3.63) is 36.4 Å². The van der Waals surface area contributed by atoms with E-state index in [0.29, 0.717) is 12.8 Å². The molecule has 0 radical (unpaired) electrons.